The molecular formula is C15H20ClN3. The molecule has 0 amide bonds. The first kappa shape index (κ1) is 14.1. The maximum Gasteiger partial charge on any atom is 0.108 e. The van der Waals surface area contributed by atoms with Crippen molar-refractivity contribution in [2.75, 3.05) is 7.05 Å². The first-order valence-electron chi connectivity index (χ1n) is 6.52. The lowest BCUT2D eigenvalue weighted by Gasteiger charge is -2.18. The molecule has 0 aliphatic carbocycles. The van der Waals surface area contributed by atoms with Gasteiger partial charge < -0.3 is 9.88 Å². The fourth-order valence-electron chi connectivity index (χ4n) is 2.31. The number of hydrogen-bond donors (Lipinski definition) is 1. The predicted molar refractivity (Wildman–Crippen MR) is 79.5 cm³/mol. The van der Waals surface area contributed by atoms with Gasteiger partial charge in [-0.3, -0.25) is 0 Å². The number of imidazole rings is 1. The third-order valence-corrected chi connectivity index (χ3v) is 4.04. The summed E-state index contributed by atoms with van der Waals surface area (Å²) in [5.41, 5.74) is 2.29. The van der Waals surface area contributed by atoms with E-state index in [1.165, 1.54) is 5.56 Å². The van der Waals surface area contributed by atoms with Crippen LogP contribution >= 0.6 is 11.6 Å². The summed E-state index contributed by atoms with van der Waals surface area (Å²) in [4.78, 5) is 4.36. The molecule has 1 N–H and O–H groups in total. The van der Waals surface area contributed by atoms with Crippen molar-refractivity contribution in [3.8, 4) is 0 Å². The molecule has 0 saturated carbocycles. The molecule has 0 aliphatic rings. The molecule has 0 saturated heterocycles. The van der Waals surface area contributed by atoms with Crippen LogP contribution in [0, 0.1) is 6.92 Å². The zero-order valence-electron chi connectivity index (χ0n) is 11.7. The molecule has 1 unspecified atom stereocenters. The molecule has 2 aromatic rings. The standard InChI is InChI=1S/C15H20ClN3/c1-11-5-4-6-12(15(11)16)13(17-2)7-8-14-18-9-10-19(14)3/h4-6,9-10,13,17H,7-8H2,1-3H3. The van der Waals surface area contributed by atoms with Crippen molar-refractivity contribution >= 4 is 11.6 Å². The number of nitrogens with zero attached hydrogens (tertiary/aromatic N) is 2. The summed E-state index contributed by atoms with van der Waals surface area (Å²) in [6.45, 7) is 2.04. The zero-order valence-corrected chi connectivity index (χ0v) is 12.4. The van der Waals surface area contributed by atoms with Crippen molar-refractivity contribution in [3.05, 3.63) is 52.6 Å². The molecule has 1 heterocycles. The van der Waals surface area contributed by atoms with E-state index < -0.39 is 0 Å². The summed E-state index contributed by atoms with van der Waals surface area (Å²) in [7, 11) is 4.00. The lowest BCUT2D eigenvalue weighted by atomic mass is 10.00. The van der Waals surface area contributed by atoms with Crippen LogP contribution in [0.1, 0.15) is 29.4 Å². The number of nitrogens with one attached hydrogen (secondary N) is 1. The molecule has 0 spiro atoms. The maximum absolute atomic E-state index is 6.40. The average Bonchev–Trinajstić information content (AvgIpc) is 2.80. The van der Waals surface area contributed by atoms with Gasteiger partial charge in [-0.05, 0) is 31.5 Å². The number of aromatic nitrogens is 2. The van der Waals surface area contributed by atoms with Gasteiger partial charge in [-0.15, -0.1) is 0 Å². The molecule has 2 rings (SSSR count). The minimum Gasteiger partial charge on any atom is -0.338 e. The van der Waals surface area contributed by atoms with Crippen molar-refractivity contribution in [3.63, 3.8) is 0 Å². The van der Waals surface area contributed by atoms with Crippen LogP contribution in [0.15, 0.2) is 30.6 Å². The van der Waals surface area contributed by atoms with Gasteiger partial charge in [-0.25, -0.2) is 4.98 Å². The van der Waals surface area contributed by atoms with Crippen molar-refractivity contribution in [2.45, 2.75) is 25.8 Å². The highest BCUT2D eigenvalue weighted by atomic mass is 35.5. The molecule has 0 radical (unpaired) electrons. The SMILES string of the molecule is CNC(CCc1nccn1C)c1cccc(C)c1Cl. The molecule has 0 fully saturated rings. The second-order valence-corrected chi connectivity index (χ2v) is 5.19. The third kappa shape index (κ3) is 3.17. The number of aryl methyl sites for hydroxylation is 3. The van der Waals surface area contributed by atoms with Crippen LogP contribution in [0.3, 0.4) is 0 Å². The fraction of sp³-hybridized carbons (Fsp3) is 0.400. The van der Waals surface area contributed by atoms with Crippen LogP contribution in [0.2, 0.25) is 5.02 Å². The van der Waals surface area contributed by atoms with Crippen LogP contribution in [-0.2, 0) is 13.5 Å². The Balaban J connectivity index is 2.12. The van der Waals surface area contributed by atoms with Gasteiger partial charge in [0.25, 0.3) is 0 Å². The van der Waals surface area contributed by atoms with Gasteiger partial charge in [0.05, 0.1) is 0 Å². The Morgan fingerprint density at radius 2 is 2.21 bits per heavy atom. The highest BCUT2D eigenvalue weighted by molar-refractivity contribution is 6.32. The normalized spacial score (nSPS) is 12.6. The maximum atomic E-state index is 6.40. The minimum atomic E-state index is 0.254. The summed E-state index contributed by atoms with van der Waals surface area (Å²) in [5.74, 6) is 1.10. The Bertz CT molecular complexity index is 548. The third-order valence-electron chi connectivity index (χ3n) is 3.52. The Morgan fingerprint density at radius 1 is 1.42 bits per heavy atom. The Kier molecular flexibility index (Phi) is 4.61. The Labute approximate surface area is 119 Å². The molecule has 3 nitrogen and oxygen atoms in total. The number of halogens is 1. The van der Waals surface area contributed by atoms with E-state index in [4.69, 9.17) is 11.6 Å². The van der Waals surface area contributed by atoms with Gasteiger partial charge in [0, 0.05) is 36.9 Å². The topological polar surface area (TPSA) is 29.9 Å². The first-order chi connectivity index (χ1) is 9.13. The Hall–Kier alpha value is -1.32. The van der Waals surface area contributed by atoms with Crippen molar-refractivity contribution < 1.29 is 0 Å². The smallest absolute Gasteiger partial charge is 0.108 e. The van der Waals surface area contributed by atoms with Gasteiger partial charge >= 0.3 is 0 Å². The second kappa shape index (κ2) is 6.22. The fourth-order valence-corrected chi connectivity index (χ4v) is 2.56. The number of benzene rings is 1. The van der Waals surface area contributed by atoms with E-state index in [1.807, 2.05) is 39.5 Å². The van der Waals surface area contributed by atoms with E-state index in [1.54, 1.807) is 0 Å². The Morgan fingerprint density at radius 3 is 2.84 bits per heavy atom. The van der Waals surface area contributed by atoms with E-state index in [2.05, 4.69) is 27.0 Å². The van der Waals surface area contributed by atoms with E-state index in [-0.39, 0.29) is 6.04 Å². The second-order valence-electron chi connectivity index (χ2n) is 4.81. The minimum absolute atomic E-state index is 0.254. The predicted octanol–water partition coefficient (Wildman–Crippen LogP) is 3.28. The molecular weight excluding hydrogens is 258 g/mol. The lowest BCUT2D eigenvalue weighted by Crippen LogP contribution is -2.18. The molecule has 1 aromatic heterocycles. The van der Waals surface area contributed by atoms with Crippen LogP contribution < -0.4 is 5.32 Å². The summed E-state index contributed by atoms with van der Waals surface area (Å²) in [5, 5.41) is 4.21. The largest absolute Gasteiger partial charge is 0.338 e. The average molecular weight is 278 g/mol. The zero-order chi connectivity index (χ0) is 13.8. The van der Waals surface area contributed by atoms with E-state index >= 15 is 0 Å². The summed E-state index contributed by atoms with van der Waals surface area (Å²) in [6, 6.07) is 6.44. The number of hydrogen-bond acceptors (Lipinski definition) is 2. The van der Waals surface area contributed by atoms with Crippen LogP contribution in [0.4, 0.5) is 0 Å². The summed E-state index contributed by atoms with van der Waals surface area (Å²) < 4.78 is 2.06. The lowest BCUT2D eigenvalue weighted by molar-refractivity contribution is 0.536. The molecule has 4 heteroatoms. The van der Waals surface area contributed by atoms with Gasteiger partial charge in [0.2, 0.25) is 0 Å². The number of rotatable bonds is 5. The monoisotopic (exact) mass is 277 g/mol. The quantitative estimate of drug-likeness (QED) is 0.909. The van der Waals surface area contributed by atoms with E-state index in [0.29, 0.717) is 0 Å². The van der Waals surface area contributed by atoms with Gasteiger partial charge in [0.15, 0.2) is 0 Å². The molecule has 1 atom stereocenters. The van der Waals surface area contributed by atoms with Gasteiger partial charge in [0.1, 0.15) is 5.82 Å². The van der Waals surface area contributed by atoms with Crippen molar-refractivity contribution in [1.29, 1.82) is 0 Å². The van der Waals surface area contributed by atoms with Gasteiger partial charge in [-0.2, -0.15) is 0 Å². The van der Waals surface area contributed by atoms with Crippen LogP contribution in [0.25, 0.3) is 0 Å². The molecule has 0 aliphatic heterocycles. The van der Waals surface area contributed by atoms with Crippen LogP contribution in [0.5, 0.6) is 0 Å². The van der Waals surface area contributed by atoms with Crippen molar-refractivity contribution in [2.24, 2.45) is 7.05 Å². The van der Waals surface area contributed by atoms with Gasteiger partial charge in [-0.1, -0.05) is 29.8 Å². The highest BCUT2D eigenvalue weighted by Crippen LogP contribution is 2.28. The van der Waals surface area contributed by atoms with E-state index in [0.717, 1.165) is 29.3 Å². The first-order valence-corrected chi connectivity index (χ1v) is 6.89. The van der Waals surface area contributed by atoms with Crippen molar-refractivity contribution in [1.82, 2.24) is 14.9 Å². The summed E-state index contributed by atoms with van der Waals surface area (Å²) in [6.07, 6.45) is 5.72. The molecule has 19 heavy (non-hydrogen) atoms. The summed E-state index contributed by atoms with van der Waals surface area (Å²) >= 11 is 6.40. The molecule has 102 valence electrons. The molecule has 1 aromatic carbocycles. The van der Waals surface area contributed by atoms with Crippen LogP contribution in [-0.4, -0.2) is 16.6 Å². The molecule has 0 bridgehead atoms. The van der Waals surface area contributed by atoms with E-state index in [9.17, 15) is 0 Å². The highest BCUT2D eigenvalue weighted by Gasteiger charge is 2.14.